The maximum Gasteiger partial charge on any atom is 0.307 e. The van der Waals surface area contributed by atoms with Gasteiger partial charge in [-0.05, 0) is 31.7 Å². The van der Waals surface area contributed by atoms with Gasteiger partial charge in [-0.25, -0.2) is 8.78 Å². The van der Waals surface area contributed by atoms with Gasteiger partial charge in [-0.3, -0.25) is 4.79 Å². The number of hydrogen-bond acceptors (Lipinski definition) is 3. The van der Waals surface area contributed by atoms with E-state index in [9.17, 15) is 13.6 Å². The maximum absolute atomic E-state index is 13.8. The summed E-state index contributed by atoms with van der Waals surface area (Å²) in [5, 5.41) is 3.00. The van der Waals surface area contributed by atoms with Crippen molar-refractivity contribution in [2.75, 3.05) is 13.7 Å². The highest BCUT2D eigenvalue weighted by Gasteiger charge is 2.32. The molecule has 100 valence electrons. The highest BCUT2D eigenvalue weighted by molar-refractivity contribution is 5.71. The fourth-order valence-electron chi connectivity index (χ4n) is 1.92. The van der Waals surface area contributed by atoms with E-state index in [2.05, 4.69) is 10.1 Å². The fraction of sp³-hybridized carbons (Fsp3) is 0.462. The van der Waals surface area contributed by atoms with E-state index in [0.29, 0.717) is 6.54 Å². The number of hydrogen-bond donors (Lipinski definition) is 1. The van der Waals surface area contributed by atoms with E-state index in [0.717, 1.165) is 18.2 Å². The number of halogens is 2. The SMILES string of the molecule is CCNC(C)(CC(=O)OC)c1cc(F)ccc1F. The minimum atomic E-state index is -0.992. The van der Waals surface area contributed by atoms with Gasteiger partial charge in [0.25, 0.3) is 0 Å². The maximum atomic E-state index is 13.8. The first-order valence-electron chi connectivity index (χ1n) is 5.70. The smallest absolute Gasteiger partial charge is 0.307 e. The third-order valence-electron chi connectivity index (χ3n) is 2.82. The normalized spacial score (nSPS) is 14.1. The van der Waals surface area contributed by atoms with Crippen molar-refractivity contribution < 1.29 is 18.3 Å². The molecule has 0 aliphatic carbocycles. The van der Waals surface area contributed by atoms with Gasteiger partial charge in [-0.15, -0.1) is 0 Å². The van der Waals surface area contributed by atoms with Gasteiger partial charge in [0, 0.05) is 5.56 Å². The number of carbonyl (C=O) groups is 1. The lowest BCUT2D eigenvalue weighted by atomic mass is 9.88. The Bertz CT molecular complexity index is 437. The molecule has 1 aromatic carbocycles. The molecule has 0 aliphatic heterocycles. The number of rotatable bonds is 5. The van der Waals surface area contributed by atoms with Crippen molar-refractivity contribution in [3.63, 3.8) is 0 Å². The average molecular weight is 257 g/mol. The zero-order chi connectivity index (χ0) is 13.8. The van der Waals surface area contributed by atoms with Gasteiger partial charge >= 0.3 is 5.97 Å². The molecule has 5 heteroatoms. The third-order valence-corrected chi connectivity index (χ3v) is 2.82. The zero-order valence-electron chi connectivity index (χ0n) is 10.7. The third kappa shape index (κ3) is 3.26. The van der Waals surface area contributed by atoms with E-state index in [1.165, 1.54) is 7.11 Å². The molecule has 0 fully saturated rings. The Hall–Kier alpha value is -1.49. The van der Waals surface area contributed by atoms with Crippen LogP contribution in [0.4, 0.5) is 8.78 Å². The van der Waals surface area contributed by atoms with Crippen LogP contribution in [-0.2, 0) is 15.1 Å². The highest BCUT2D eigenvalue weighted by Crippen LogP contribution is 2.28. The largest absolute Gasteiger partial charge is 0.469 e. The first-order chi connectivity index (χ1) is 8.42. The molecule has 0 saturated heterocycles. The predicted octanol–water partition coefficient (Wildman–Crippen LogP) is 2.35. The summed E-state index contributed by atoms with van der Waals surface area (Å²) in [5.41, 5.74) is -0.872. The number of esters is 1. The molecular weight excluding hydrogens is 240 g/mol. The Balaban J connectivity index is 3.17. The van der Waals surface area contributed by atoms with E-state index < -0.39 is 23.1 Å². The minimum absolute atomic E-state index is 0.0717. The van der Waals surface area contributed by atoms with Gasteiger partial charge in [0.05, 0.1) is 19.1 Å². The van der Waals surface area contributed by atoms with Crippen LogP contribution in [0.25, 0.3) is 0 Å². The van der Waals surface area contributed by atoms with Crippen LogP contribution in [0, 0.1) is 11.6 Å². The molecule has 1 rings (SSSR count). The number of benzene rings is 1. The standard InChI is InChI=1S/C13H17F2NO2/c1-4-16-13(2,8-12(17)18-3)10-7-9(14)5-6-11(10)15/h5-7,16H,4,8H2,1-3H3. The van der Waals surface area contributed by atoms with Crippen LogP contribution in [0.1, 0.15) is 25.8 Å². The van der Waals surface area contributed by atoms with Gasteiger partial charge in [0.15, 0.2) is 0 Å². The topological polar surface area (TPSA) is 38.3 Å². The van der Waals surface area contributed by atoms with Crippen LogP contribution >= 0.6 is 0 Å². The Morgan fingerprint density at radius 2 is 2.11 bits per heavy atom. The first kappa shape index (κ1) is 14.6. The highest BCUT2D eigenvalue weighted by atomic mass is 19.1. The summed E-state index contributed by atoms with van der Waals surface area (Å²) in [7, 11) is 1.26. The monoisotopic (exact) mass is 257 g/mol. The van der Waals surface area contributed by atoms with Gasteiger partial charge in [0.1, 0.15) is 11.6 Å². The van der Waals surface area contributed by atoms with Gasteiger partial charge in [-0.1, -0.05) is 6.92 Å². The second-order valence-corrected chi connectivity index (χ2v) is 4.24. The van der Waals surface area contributed by atoms with Crippen molar-refractivity contribution in [2.24, 2.45) is 0 Å². The molecule has 0 heterocycles. The molecule has 3 nitrogen and oxygen atoms in total. The number of ether oxygens (including phenoxy) is 1. The van der Waals surface area contributed by atoms with Crippen LogP contribution in [0.15, 0.2) is 18.2 Å². The molecular formula is C13H17F2NO2. The van der Waals surface area contributed by atoms with E-state index in [4.69, 9.17) is 0 Å². The molecule has 18 heavy (non-hydrogen) atoms. The summed E-state index contributed by atoms with van der Waals surface area (Å²) in [6.45, 7) is 3.99. The Morgan fingerprint density at radius 3 is 2.67 bits per heavy atom. The molecule has 0 radical (unpaired) electrons. The van der Waals surface area contributed by atoms with E-state index in [1.54, 1.807) is 6.92 Å². The Kier molecular flexibility index (Phi) is 4.78. The minimum Gasteiger partial charge on any atom is -0.469 e. The lowest BCUT2D eigenvalue weighted by Gasteiger charge is -2.30. The van der Waals surface area contributed by atoms with Crippen molar-refractivity contribution in [3.05, 3.63) is 35.4 Å². The van der Waals surface area contributed by atoms with Crippen LogP contribution in [0.3, 0.4) is 0 Å². The molecule has 0 aromatic heterocycles. The first-order valence-corrected chi connectivity index (χ1v) is 5.70. The Morgan fingerprint density at radius 1 is 1.44 bits per heavy atom. The van der Waals surface area contributed by atoms with E-state index >= 15 is 0 Å². The second-order valence-electron chi connectivity index (χ2n) is 4.24. The molecule has 0 amide bonds. The lowest BCUT2D eigenvalue weighted by molar-refractivity contribution is -0.142. The zero-order valence-corrected chi connectivity index (χ0v) is 10.7. The summed E-state index contributed by atoms with van der Waals surface area (Å²) in [6, 6.07) is 3.20. The molecule has 1 N–H and O–H groups in total. The van der Waals surface area contributed by atoms with Crippen LogP contribution in [0.2, 0.25) is 0 Å². The summed E-state index contributed by atoms with van der Waals surface area (Å²) in [4.78, 5) is 11.4. The summed E-state index contributed by atoms with van der Waals surface area (Å²) in [6.07, 6.45) is -0.0717. The summed E-state index contributed by atoms with van der Waals surface area (Å²) >= 11 is 0. The number of carbonyl (C=O) groups excluding carboxylic acids is 1. The average Bonchev–Trinajstić information content (AvgIpc) is 2.32. The summed E-state index contributed by atoms with van der Waals surface area (Å²) in [5.74, 6) is -1.58. The van der Waals surface area contributed by atoms with Crippen molar-refractivity contribution >= 4 is 5.97 Å². The second kappa shape index (κ2) is 5.91. The number of nitrogens with one attached hydrogen (secondary N) is 1. The van der Waals surface area contributed by atoms with Crippen molar-refractivity contribution in [3.8, 4) is 0 Å². The molecule has 1 unspecified atom stereocenters. The molecule has 0 bridgehead atoms. The summed E-state index contributed by atoms with van der Waals surface area (Å²) < 4.78 is 31.6. The lowest BCUT2D eigenvalue weighted by Crippen LogP contribution is -2.42. The van der Waals surface area contributed by atoms with E-state index in [-0.39, 0.29) is 12.0 Å². The molecule has 1 aromatic rings. The Labute approximate surface area is 105 Å². The quantitative estimate of drug-likeness (QED) is 0.823. The predicted molar refractivity (Wildman–Crippen MR) is 64.0 cm³/mol. The van der Waals surface area contributed by atoms with Gasteiger partial charge in [-0.2, -0.15) is 0 Å². The van der Waals surface area contributed by atoms with Crippen LogP contribution < -0.4 is 5.32 Å². The van der Waals surface area contributed by atoms with E-state index in [1.807, 2.05) is 6.92 Å². The number of methoxy groups -OCH3 is 1. The van der Waals surface area contributed by atoms with Gasteiger partial charge in [0.2, 0.25) is 0 Å². The van der Waals surface area contributed by atoms with Crippen LogP contribution in [-0.4, -0.2) is 19.6 Å². The van der Waals surface area contributed by atoms with Crippen molar-refractivity contribution in [1.82, 2.24) is 5.32 Å². The molecule has 0 spiro atoms. The van der Waals surface area contributed by atoms with Crippen molar-refractivity contribution in [2.45, 2.75) is 25.8 Å². The van der Waals surface area contributed by atoms with Gasteiger partial charge < -0.3 is 10.1 Å². The molecule has 1 atom stereocenters. The molecule has 0 saturated carbocycles. The molecule has 0 aliphatic rings. The van der Waals surface area contributed by atoms with Crippen molar-refractivity contribution in [1.29, 1.82) is 0 Å². The fourth-order valence-corrected chi connectivity index (χ4v) is 1.92. The van der Waals surface area contributed by atoms with Crippen LogP contribution in [0.5, 0.6) is 0 Å².